The van der Waals surface area contributed by atoms with Crippen molar-refractivity contribution in [1.82, 2.24) is 20.5 Å². The maximum Gasteiger partial charge on any atom is 0.302 e. The van der Waals surface area contributed by atoms with Gasteiger partial charge in [0.15, 0.2) is 6.04 Å². The predicted octanol–water partition coefficient (Wildman–Crippen LogP) is 3.26. The lowest BCUT2D eigenvalue weighted by Gasteiger charge is -2.03. The second kappa shape index (κ2) is 6.93. The highest BCUT2D eigenvalue weighted by Crippen LogP contribution is 2.44. The fraction of sp³-hybridized carbons (Fsp3) is 0.200. The minimum atomic E-state index is -0.225. The standard InChI is InChI=1S/C20H16N6O2S/c1-11(2)26-9-16(28-25-26)21-15(27)10-29-20-22-18-13-7-3-5-12-6-4-8-14(17(12)13)19(18)23-24-20/h3-9,11H,10H2,1-2H3/p+1. The molecule has 0 unspecified atom stereocenters. The van der Waals surface area contributed by atoms with Crippen LogP contribution in [0.4, 0.5) is 5.88 Å². The number of anilines is 1. The lowest BCUT2D eigenvalue weighted by molar-refractivity contribution is -0.779. The molecule has 5 rings (SSSR count). The molecule has 1 aliphatic rings. The van der Waals surface area contributed by atoms with E-state index in [4.69, 9.17) is 4.52 Å². The van der Waals surface area contributed by atoms with Crippen LogP contribution in [0.3, 0.4) is 0 Å². The summed E-state index contributed by atoms with van der Waals surface area (Å²) in [6.07, 6.45) is 1.65. The van der Waals surface area contributed by atoms with Gasteiger partial charge in [-0.25, -0.2) is 4.98 Å². The van der Waals surface area contributed by atoms with Crippen LogP contribution in [0.5, 0.6) is 0 Å². The molecule has 0 spiro atoms. The summed E-state index contributed by atoms with van der Waals surface area (Å²) in [6, 6.07) is 12.4. The molecule has 1 aliphatic carbocycles. The molecule has 2 heterocycles. The molecule has 1 N–H and O–H groups in total. The third-order valence-electron chi connectivity index (χ3n) is 4.69. The second-order valence-electron chi connectivity index (χ2n) is 6.98. The summed E-state index contributed by atoms with van der Waals surface area (Å²) in [4.78, 5) is 16.9. The summed E-state index contributed by atoms with van der Waals surface area (Å²) in [5.41, 5.74) is 3.69. The third-order valence-corrected chi connectivity index (χ3v) is 5.53. The average Bonchev–Trinajstić information content (AvgIpc) is 3.32. The summed E-state index contributed by atoms with van der Waals surface area (Å²) >= 11 is 1.23. The van der Waals surface area contributed by atoms with E-state index in [2.05, 4.69) is 37.9 Å². The van der Waals surface area contributed by atoms with E-state index >= 15 is 0 Å². The number of benzene rings is 2. The third kappa shape index (κ3) is 3.13. The maximum absolute atomic E-state index is 12.2. The predicted molar refractivity (Wildman–Crippen MR) is 108 cm³/mol. The molecule has 29 heavy (non-hydrogen) atoms. The van der Waals surface area contributed by atoms with Gasteiger partial charge in [0.05, 0.1) is 5.75 Å². The van der Waals surface area contributed by atoms with Crippen LogP contribution in [0.1, 0.15) is 19.9 Å². The van der Waals surface area contributed by atoms with E-state index in [0.29, 0.717) is 11.0 Å². The zero-order valence-corrected chi connectivity index (χ0v) is 16.6. The molecule has 0 atom stereocenters. The first-order valence-electron chi connectivity index (χ1n) is 9.18. The molecular formula is C20H17N6O2S+. The summed E-state index contributed by atoms with van der Waals surface area (Å²) < 4.78 is 6.74. The van der Waals surface area contributed by atoms with Crippen molar-refractivity contribution >= 4 is 34.3 Å². The van der Waals surface area contributed by atoms with Crippen molar-refractivity contribution in [3.8, 4) is 22.5 Å². The van der Waals surface area contributed by atoms with Crippen molar-refractivity contribution in [1.29, 1.82) is 0 Å². The van der Waals surface area contributed by atoms with E-state index in [0.717, 1.165) is 33.3 Å². The zero-order chi connectivity index (χ0) is 20.0. The highest BCUT2D eigenvalue weighted by molar-refractivity contribution is 7.99. The Morgan fingerprint density at radius 3 is 2.62 bits per heavy atom. The van der Waals surface area contributed by atoms with Gasteiger partial charge in [0, 0.05) is 16.5 Å². The van der Waals surface area contributed by atoms with Crippen molar-refractivity contribution in [2.75, 3.05) is 11.1 Å². The molecule has 1 amide bonds. The van der Waals surface area contributed by atoms with Crippen molar-refractivity contribution in [2.24, 2.45) is 0 Å². The normalized spacial score (nSPS) is 11.8. The summed E-state index contributed by atoms with van der Waals surface area (Å²) in [5, 5.41) is 17.9. The van der Waals surface area contributed by atoms with E-state index in [1.54, 1.807) is 10.9 Å². The lowest BCUT2D eigenvalue weighted by atomic mass is 10.0. The van der Waals surface area contributed by atoms with Crippen molar-refractivity contribution in [2.45, 2.75) is 25.0 Å². The largest absolute Gasteiger partial charge is 0.302 e. The van der Waals surface area contributed by atoms with Crippen LogP contribution in [0.2, 0.25) is 0 Å². The van der Waals surface area contributed by atoms with Gasteiger partial charge in [-0.2, -0.15) is 0 Å². The van der Waals surface area contributed by atoms with Crippen LogP contribution in [0.15, 0.2) is 52.3 Å². The summed E-state index contributed by atoms with van der Waals surface area (Å²) in [7, 11) is 0. The molecule has 2 aromatic heterocycles. The zero-order valence-electron chi connectivity index (χ0n) is 15.8. The van der Waals surface area contributed by atoms with Gasteiger partial charge >= 0.3 is 5.88 Å². The molecule has 0 bridgehead atoms. The summed E-state index contributed by atoms with van der Waals surface area (Å²) in [5.74, 6) is 0.218. The molecular weight excluding hydrogens is 388 g/mol. The van der Waals surface area contributed by atoms with E-state index in [1.165, 1.54) is 11.8 Å². The molecule has 144 valence electrons. The van der Waals surface area contributed by atoms with E-state index in [9.17, 15) is 4.79 Å². The Hall–Kier alpha value is -3.33. The fourth-order valence-electron chi connectivity index (χ4n) is 3.34. The van der Waals surface area contributed by atoms with E-state index < -0.39 is 0 Å². The number of fused-ring (bicyclic) bond motifs is 3. The number of amides is 1. The van der Waals surface area contributed by atoms with Crippen LogP contribution >= 0.6 is 11.8 Å². The Morgan fingerprint density at radius 1 is 1.14 bits per heavy atom. The highest BCUT2D eigenvalue weighted by atomic mass is 32.2. The Morgan fingerprint density at radius 2 is 1.90 bits per heavy atom. The number of carbonyl (C=O) groups excluding carboxylic acids is 1. The monoisotopic (exact) mass is 405 g/mol. The minimum absolute atomic E-state index is 0.139. The topological polar surface area (TPSA) is 97.7 Å². The van der Waals surface area contributed by atoms with Crippen LogP contribution in [-0.2, 0) is 4.79 Å². The molecule has 4 aromatic rings. The minimum Gasteiger partial charge on any atom is -0.288 e. The molecule has 9 heteroatoms. The maximum atomic E-state index is 12.2. The van der Waals surface area contributed by atoms with Crippen LogP contribution in [-0.4, -0.2) is 32.1 Å². The van der Waals surface area contributed by atoms with E-state index in [-0.39, 0.29) is 17.7 Å². The van der Waals surface area contributed by atoms with Gasteiger partial charge in [0.1, 0.15) is 11.4 Å². The summed E-state index contributed by atoms with van der Waals surface area (Å²) in [6.45, 7) is 3.95. The Kier molecular flexibility index (Phi) is 4.24. The molecule has 0 radical (unpaired) electrons. The quantitative estimate of drug-likeness (QED) is 0.354. The fourth-order valence-corrected chi connectivity index (χ4v) is 3.92. The van der Waals surface area contributed by atoms with Gasteiger partial charge in [-0.05, 0) is 23.9 Å². The first-order chi connectivity index (χ1) is 14.1. The molecule has 2 aromatic carbocycles. The van der Waals surface area contributed by atoms with Gasteiger partial charge < -0.3 is 0 Å². The van der Waals surface area contributed by atoms with Crippen LogP contribution < -0.4 is 10.00 Å². The molecule has 0 saturated carbocycles. The highest BCUT2D eigenvalue weighted by Gasteiger charge is 2.25. The molecule has 0 fully saturated rings. The number of nitrogens with one attached hydrogen (secondary N) is 1. The van der Waals surface area contributed by atoms with Gasteiger partial charge in [0.25, 0.3) is 6.20 Å². The first-order valence-corrected chi connectivity index (χ1v) is 10.2. The molecule has 0 saturated heterocycles. The molecule has 0 aliphatic heterocycles. The Balaban J connectivity index is 1.33. The second-order valence-corrected chi connectivity index (χ2v) is 7.92. The van der Waals surface area contributed by atoms with Gasteiger partial charge in [-0.3, -0.25) is 14.6 Å². The SMILES string of the molecule is CC(C)[n+]1cc(NC(=O)CSc2nnc3c(n2)-c2cccc4cccc-3c24)on1. The number of hydrogen-bond donors (Lipinski definition) is 1. The van der Waals surface area contributed by atoms with Gasteiger partial charge in [-0.1, -0.05) is 48.2 Å². The average molecular weight is 405 g/mol. The Labute approximate surface area is 170 Å². The lowest BCUT2D eigenvalue weighted by Crippen LogP contribution is -2.36. The Bertz CT molecular complexity index is 1250. The smallest absolute Gasteiger partial charge is 0.288 e. The van der Waals surface area contributed by atoms with Crippen molar-refractivity contribution in [3.05, 3.63) is 42.6 Å². The van der Waals surface area contributed by atoms with Crippen molar-refractivity contribution < 1.29 is 14.0 Å². The van der Waals surface area contributed by atoms with Crippen molar-refractivity contribution in [3.63, 3.8) is 0 Å². The molecule has 8 nitrogen and oxygen atoms in total. The number of thioether (sulfide) groups is 1. The van der Waals surface area contributed by atoms with Crippen LogP contribution in [0.25, 0.3) is 33.3 Å². The van der Waals surface area contributed by atoms with Gasteiger partial charge in [-0.15, -0.1) is 10.2 Å². The number of nitrogens with zero attached hydrogens (tertiary/aromatic N) is 5. The number of aromatic nitrogens is 5. The number of carbonyl (C=O) groups is 1. The van der Waals surface area contributed by atoms with Crippen LogP contribution in [0, 0.1) is 0 Å². The van der Waals surface area contributed by atoms with Gasteiger partial charge in [0.2, 0.25) is 16.3 Å². The first kappa shape index (κ1) is 17.7. The number of hydrogen-bond acceptors (Lipinski definition) is 7. The number of rotatable bonds is 5. The van der Waals surface area contributed by atoms with E-state index in [1.807, 2.05) is 38.1 Å².